The van der Waals surface area contributed by atoms with Crippen LogP contribution in [-0.2, 0) is 4.79 Å². The minimum Gasteiger partial charge on any atom is -0.544 e. The number of benzene rings is 1. The van der Waals surface area contributed by atoms with Crippen molar-refractivity contribution in [1.29, 1.82) is 0 Å². The Kier molecular flexibility index (Phi) is 4.42. The SMILES string of the molecule is CC(C)(C)[Si](C)(C)Oc1ccc(C(O)C(=O)O)cc1. The molecule has 4 nitrogen and oxygen atoms in total. The molecule has 1 unspecified atom stereocenters. The fraction of sp³-hybridized carbons (Fsp3) is 0.500. The molecule has 0 saturated carbocycles. The number of hydrogen-bond acceptors (Lipinski definition) is 3. The first-order valence-corrected chi connectivity index (χ1v) is 9.15. The van der Waals surface area contributed by atoms with Crippen molar-refractivity contribution in [2.24, 2.45) is 0 Å². The number of carboxylic acid groups (broad SMARTS) is 1. The molecular formula is C14H22O4Si. The molecule has 5 heteroatoms. The molecule has 1 atom stereocenters. The summed E-state index contributed by atoms with van der Waals surface area (Å²) < 4.78 is 6.07. The highest BCUT2D eigenvalue weighted by atomic mass is 28.4. The molecule has 0 aliphatic rings. The van der Waals surface area contributed by atoms with E-state index in [1.165, 1.54) is 0 Å². The van der Waals surface area contributed by atoms with Crippen LogP contribution in [0.5, 0.6) is 5.75 Å². The summed E-state index contributed by atoms with van der Waals surface area (Å²) in [6, 6.07) is 6.59. The van der Waals surface area contributed by atoms with Crippen molar-refractivity contribution in [3.63, 3.8) is 0 Å². The van der Waals surface area contributed by atoms with Gasteiger partial charge in [0.1, 0.15) is 5.75 Å². The molecule has 0 radical (unpaired) electrons. The number of aliphatic hydroxyl groups excluding tert-OH is 1. The van der Waals surface area contributed by atoms with Crippen LogP contribution in [0.2, 0.25) is 18.1 Å². The van der Waals surface area contributed by atoms with Crippen LogP contribution in [0.3, 0.4) is 0 Å². The second-order valence-electron chi connectivity index (χ2n) is 6.17. The van der Waals surface area contributed by atoms with E-state index in [9.17, 15) is 9.90 Å². The number of carboxylic acids is 1. The zero-order valence-electron chi connectivity index (χ0n) is 12.1. The zero-order chi connectivity index (χ0) is 14.8. The average Bonchev–Trinajstić information content (AvgIpc) is 2.27. The molecule has 106 valence electrons. The molecule has 0 heterocycles. The lowest BCUT2D eigenvalue weighted by Gasteiger charge is -2.36. The third-order valence-electron chi connectivity index (χ3n) is 3.61. The van der Waals surface area contributed by atoms with Crippen LogP contribution in [0.15, 0.2) is 24.3 Å². The maximum absolute atomic E-state index is 10.7. The van der Waals surface area contributed by atoms with E-state index in [-0.39, 0.29) is 5.04 Å². The van der Waals surface area contributed by atoms with Crippen molar-refractivity contribution < 1.29 is 19.4 Å². The first-order valence-electron chi connectivity index (χ1n) is 6.24. The summed E-state index contributed by atoms with van der Waals surface area (Å²) in [7, 11) is -1.89. The highest BCUT2D eigenvalue weighted by molar-refractivity contribution is 6.74. The number of rotatable bonds is 4. The molecule has 0 amide bonds. The summed E-state index contributed by atoms with van der Waals surface area (Å²) in [4.78, 5) is 10.7. The van der Waals surface area contributed by atoms with E-state index in [0.29, 0.717) is 11.3 Å². The largest absolute Gasteiger partial charge is 0.544 e. The van der Waals surface area contributed by atoms with E-state index >= 15 is 0 Å². The highest BCUT2D eigenvalue weighted by Crippen LogP contribution is 2.37. The van der Waals surface area contributed by atoms with E-state index in [2.05, 4.69) is 33.9 Å². The molecule has 0 fully saturated rings. The van der Waals surface area contributed by atoms with Gasteiger partial charge in [-0.3, -0.25) is 0 Å². The molecule has 1 aromatic rings. The van der Waals surface area contributed by atoms with Crippen molar-refractivity contribution in [2.75, 3.05) is 0 Å². The van der Waals surface area contributed by atoms with Gasteiger partial charge in [-0.05, 0) is 35.8 Å². The van der Waals surface area contributed by atoms with Crippen molar-refractivity contribution >= 4 is 14.3 Å². The number of carbonyl (C=O) groups is 1. The monoisotopic (exact) mass is 282 g/mol. The Morgan fingerprint density at radius 2 is 1.68 bits per heavy atom. The van der Waals surface area contributed by atoms with E-state index in [1.807, 2.05) is 0 Å². The Labute approximate surface area is 115 Å². The number of aliphatic carboxylic acids is 1. The van der Waals surface area contributed by atoms with Crippen LogP contribution in [0.4, 0.5) is 0 Å². The molecular weight excluding hydrogens is 260 g/mol. The Morgan fingerprint density at radius 1 is 1.21 bits per heavy atom. The van der Waals surface area contributed by atoms with Gasteiger partial charge in [0.15, 0.2) is 6.10 Å². The van der Waals surface area contributed by atoms with Gasteiger partial charge in [-0.1, -0.05) is 32.9 Å². The topological polar surface area (TPSA) is 66.8 Å². The number of hydrogen-bond donors (Lipinski definition) is 2. The van der Waals surface area contributed by atoms with Gasteiger partial charge in [0.25, 0.3) is 0 Å². The third-order valence-corrected chi connectivity index (χ3v) is 7.97. The van der Waals surface area contributed by atoms with Gasteiger partial charge < -0.3 is 14.6 Å². The van der Waals surface area contributed by atoms with Gasteiger partial charge in [0.05, 0.1) is 0 Å². The van der Waals surface area contributed by atoms with Crippen LogP contribution in [0.1, 0.15) is 32.4 Å². The zero-order valence-corrected chi connectivity index (χ0v) is 13.1. The molecule has 0 aromatic heterocycles. The first kappa shape index (κ1) is 15.7. The predicted octanol–water partition coefficient (Wildman–Crippen LogP) is 3.19. The Hall–Kier alpha value is -1.33. The summed E-state index contributed by atoms with van der Waals surface area (Å²) in [5.41, 5.74) is 0.357. The van der Waals surface area contributed by atoms with E-state index in [1.54, 1.807) is 24.3 Å². The van der Waals surface area contributed by atoms with Crippen molar-refractivity contribution in [2.45, 2.75) is 45.0 Å². The van der Waals surface area contributed by atoms with Crippen LogP contribution < -0.4 is 4.43 Å². The maximum atomic E-state index is 10.7. The van der Waals surface area contributed by atoms with E-state index in [4.69, 9.17) is 9.53 Å². The molecule has 0 spiro atoms. The van der Waals surface area contributed by atoms with Gasteiger partial charge in [0, 0.05) is 0 Å². The van der Waals surface area contributed by atoms with Crippen molar-refractivity contribution in [3.8, 4) is 5.75 Å². The van der Waals surface area contributed by atoms with Gasteiger partial charge in [0.2, 0.25) is 8.32 Å². The molecule has 0 aliphatic carbocycles. The molecule has 0 aliphatic heterocycles. The Balaban J connectivity index is 2.86. The lowest BCUT2D eigenvalue weighted by Crippen LogP contribution is -2.43. The quantitative estimate of drug-likeness (QED) is 0.832. The standard InChI is InChI=1S/C14H22O4Si/c1-14(2,3)19(4,5)18-11-8-6-10(7-9-11)12(15)13(16)17/h6-9,12,15H,1-5H3,(H,16,17). The van der Waals surface area contributed by atoms with Gasteiger partial charge >= 0.3 is 5.97 Å². The van der Waals surface area contributed by atoms with Gasteiger partial charge in [-0.15, -0.1) is 0 Å². The minimum atomic E-state index is -1.89. The van der Waals surface area contributed by atoms with Gasteiger partial charge in [-0.2, -0.15) is 0 Å². The summed E-state index contributed by atoms with van der Waals surface area (Å²) in [5.74, 6) is -0.536. The third kappa shape index (κ3) is 3.81. The maximum Gasteiger partial charge on any atom is 0.337 e. The van der Waals surface area contributed by atoms with Crippen LogP contribution in [-0.4, -0.2) is 24.5 Å². The second-order valence-corrected chi connectivity index (χ2v) is 10.9. The van der Waals surface area contributed by atoms with E-state index in [0.717, 1.165) is 0 Å². The fourth-order valence-electron chi connectivity index (χ4n) is 1.31. The molecule has 0 bridgehead atoms. The second kappa shape index (κ2) is 5.34. The summed E-state index contributed by atoms with van der Waals surface area (Å²) in [5, 5.41) is 18.2. The predicted molar refractivity (Wildman–Crippen MR) is 76.9 cm³/mol. The highest BCUT2D eigenvalue weighted by Gasteiger charge is 2.38. The Morgan fingerprint density at radius 3 is 2.05 bits per heavy atom. The molecule has 19 heavy (non-hydrogen) atoms. The average molecular weight is 282 g/mol. The minimum absolute atomic E-state index is 0.103. The molecule has 1 aromatic carbocycles. The van der Waals surface area contributed by atoms with Crippen LogP contribution >= 0.6 is 0 Å². The van der Waals surface area contributed by atoms with Gasteiger partial charge in [-0.25, -0.2) is 4.79 Å². The van der Waals surface area contributed by atoms with E-state index < -0.39 is 20.4 Å². The fourth-order valence-corrected chi connectivity index (χ4v) is 2.34. The van der Waals surface area contributed by atoms with Crippen molar-refractivity contribution in [3.05, 3.63) is 29.8 Å². The lowest BCUT2D eigenvalue weighted by molar-refractivity contribution is -0.146. The molecule has 0 saturated heterocycles. The summed E-state index contributed by atoms with van der Waals surface area (Å²) >= 11 is 0. The van der Waals surface area contributed by atoms with Crippen LogP contribution in [0.25, 0.3) is 0 Å². The lowest BCUT2D eigenvalue weighted by atomic mass is 10.1. The smallest absolute Gasteiger partial charge is 0.337 e. The summed E-state index contributed by atoms with van der Waals surface area (Å²) in [6.45, 7) is 10.8. The first-order chi connectivity index (χ1) is 8.54. The normalized spacial score (nSPS) is 14.0. The molecule has 1 rings (SSSR count). The summed E-state index contributed by atoms with van der Waals surface area (Å²) in [6.07, 6.45) is -1.48. The molecule has 2 N–H and O–H groups in total. The van der Waals surface area contributed by atoms with Crippen molar-refractivity contribution in [1.82, 2.24) is 0 Å². The Bertz CT molecular complexity index is 446. The number of aliphatic hydroxyl groups is 1. The van der Waals surface area contributed by atoms with Crippen LogP contribution in [0, 0.1) is 0 Å².